The van der Waals surface area contributed by atoms with E-state index < -0.39 is 0 Å². The van der Waals surface area contributed by atoms with Crippen LogP contribution in [-0.2, 0) is 0 Å². The summed E-state index contributed by atoms with van der Waals surface area (Å²) in [6, 6.07) is 14.7. The van der Waals surface area contributed by atoms with Gasteiger partial charge < -0.3 is 9.14 Å². The van der Waals surface area contributed by atoms with Crippen LogP contribution in [0.4, 0.5) is 0 Å². The molecule has 2 aromatic carbocycles. The van der Waals surface area contributed by atoms with Crippen molar-refractivity contribution in [1.82, 2.24) is 14.0 Å². The fourth-order valence-corrected chi connectivity index (χ4v) is 2.89. The maximum absolute atomic E-state index is 12.8. The molecule has 25 heavy (non-hydrogen) atoms. The third kappa shape index (κ3) is 2.79. The number of hydrogen-bond acceptors (Lipinski definition) is 3. The van der Waals surface area contributed by atoms with Gasteiger partial charge in [0, 0.05) is 29.2 Å². The lowest BCUT2D eigenvalue weighted by molar-refractivity contribution is 0.415. The second-order valence-electron chi connectivity index (χ2n) is 5.54. The van der Waals surface area contributed by atoms with Crippen LogP contribution in [0.1, 0.15) is 0 Å². The lowest BCUT2D eigenvalue weighted by Crippen LogP contribution is -2.19. The van der Waals surface area contributed by atoms with Gasteiger partial charge in [0.25, 0.3) is 5.56 Å². The summed E-state index contributed by atoms with van der Waals surface area (Å²) in [6.45, 7) is 0. The van der Waals surface area contributed by atoms with Crippen molar-refractivity contribution in [3.63, 3.8) is 0 Å². The van der Waals surface area contributed by atoms with Crippen molar-refractivity contribution in [2.45, 2.75) is 0 Å². The van der Waals surface area contributed by atoms with E-state index in [-0.39, 0.29) is 5.56 Å². The largest absolute Gasteiger partial charge is 0.497 e. The van der Waals surface area contributed by atoms with E-state index in [9.17, 15) is 4.79 Å². The highest BCUT2D eigenvalue weighted by atomic mass is 35.5. The van der Waals surface area contributed by atoms with Gasteiger partial charge in [-0.1, -0.05) is 17.7 Å². The third-order valence-corrected chi connectivity index (χ3v) is 4.23. The monoisotopic (exact) mass is 351 g/mol. The van der Waals surface area contributed by atoms with Crippen molar-refractivity contribution in [2.75, 3.05) is 7.11 Å². The van der Waals surface area contributed by atoms with Crippen molar-refractivity contribution >= 4 is 17.2 Å². The average Bonchev–Trinajstić information content (AvgIpc) is 3.07. The maximum atomic E-state index is 12.8. The number of imidazole rings is 1. The Kier molecular flexibility index (Phi) is 3.78. The molecule has 0 aliphatic rings. The minimum absolute atomic E-state index is 0.204. The fraction of sp³-hybridized carbons (Fsp3) is 0.0526. The average molecular weight is 352 g/mol. The first kappa shape index (κ1) is 15.5. The molecule has 4 aromatic rings. The summed E-state index contributed by atoms with van der Waals surface area (Å²) in [5, 5.41) is 0.575. The molecule has 0 spiro atoms. The minimum atomic E-state index is -0.204. The van der Waals surface area contributed by atoms with Gasteiger partial charge in [0.2, 0.25) is 5.65 Å². The van der Waals surface area contributed by atoms with Gasteiger partial charge in [0.1, 0.15) is 5.75 Å². The van der Waals surface area contributed by atoms with Crippen LogP contribution in [0.15, 0.2) is 71.9 Å². The number of benzene rings is 2. The Morgan fingerprint density at radius 1 is 1.08 bits per heavy atom. The van der Waals surface area contributed by atoms with Crippen LogP contribution in [-0.4, -0.2) is 21.1 Å². The first-order valence-corrected chi connectivity index (χ1v) is 8.04. The number of methoxy groups -OCH3 is 1. The number of ether oxygens (including phenoxy) is 1. The number of halogens is 1. The van der Waals surface area contributed by atoms with Gasteiger partial charge in [0.15, 0.2) is 0 Å². The second kappa shape index (κ2) is 6.11. The molecule has 0 amide bonds. The molecule has 4 rings (SSSR count). The lowest BCUT2D eigenvalue weighted by atomic mass is 10.2. The predicted molar refractivity (Wildman–Crippen MR) is 97.8 cm³/mol. The van der Waals surface area contributed by atoms with Gasteiger partial charge in [-0.2, -0.15) is 0 Å². The Balaban J connectivity index is 1.83. The molecule has 0 aliphatic carbocycles. The minimum Gasteiger partial charge on any atom is -0.497 e. The van der Waals surface area contributed by atoms with E-state index >= 15 is 0 Å². The van der Waals surface area contributed by atoms with Crippen molar-refractivity contribution in [2.24, 2.45) is 0 Å². The molecule has 124 valence electrons. The molecule has 0 radical (unpaired) electrons. The standard InChI is InChI=1S/C19H14ClN3O2/c1-25-16-7-5-13(6-8-16)17-12-22-9-10-23(19(24)18(22)21-17)15-4-2-3-14(20)11-15/h2-12H,1H3. The molecule has 0 N–H and O–H groups in total. The van der Waals surface area contributed by atoms with Crippen LogP contribution in [0, 0.1) is 0 Å². The van der Waals surface area contributed by atoms with Crippen molar-refractivity contribution < 1.29 is 4.74 Å². The van der Waals surface area contributed by atoms with Crippen LogP contribution in [0.25, 0.3) is 22.6 Å². The van der Waals surface area contributed by atoms with E-state index in [2.05, 4.69) is 4.98 Å². The maximum Gasteiger partial charge on any atom is 0.298 e. The van der Waals surface area contributed by atoms with E-state index in [4.69, 9.17) is 16.3 Å². The highest BCUT2D eigenvalue weighted by Gasteiger charge is 2.10. The van der Waals surface area contributed by atoms with Crippen LogP contribution in [0.5, 0.6) is 5.75 Å². The Bertz CT molecular complexity index is 1110. The molecule has 6 heteroatoms. The summed E-state index contributed by atoms with van der Waals surface area (Å²) < 4.78 is 8.43. The zero-order chi connectivity index (χ0) is 17.4. The van der Waals surface area contributed by atoms with Crippen molar-refractivity contribution in [1.29, 1.82) is 0 Å². The van der Waals surface area contributed by atoms with Gasteiger partial charge >= 0.3 is 0 Å². The zero-order valence-corrected chi connectivity index (χ0v) is 14.1. The van der Waals surface area contributed by atoms with E-state index in [1.54, 1.807) is 36.0 Å². The molecule has 0 unspecified atom stereocenters. The van der Waals surface area contributed by atoms with E-state index in [0.717, 1.165) is 17.0 Å². The summed E-state index contributed by atoms with van der Waals surface area (Å²) in [7, 11) is 1.62. The molecular weight excluding hydrogens is 338 g/mol. The zero-order valence-electron chi connectivity index (χ0n) is 13.4. The Morgan fingerprint density at radius 2 is 1.88 bits per heavy atom. The van der Waals surface area contributed by atoms with E-state index in [1.165, 1.54) is 4.57 Å². The number of aromatic nitrogens is 3. The molecule has 2 aromatic heterocycles. The van der Waals surface area contributed by atoms with Crippen LogP contribution >= 0.6 is 11.6 Å². The van der Waals surface area contributed by atoms with Crippen molar-refractivity contribution in [3.8, 4) is 22.7 Å². The Hall–Kier alpha value is -3.05. The van der Waals surface area contributed by atoms with Gasteiger partial charge in [0.05, 0.1) is 18.5 Å². The number of nitrogens with zero attached hydrogens (tertiary/aromatic N) is 3. The summed E-state index contributed by atoms with van der Waals surface area (Å²) in [6.07, 6.45) is 5.35. The summed E-state index contributed by atoms with van der Waals surface area (Å²) in [4.78, 5) is 17.3. The highest BCUT2D eigenvalue weighted by molar-refractivity contribution is 6.30. The molecule has 0 fully saturated rings. The molecule has 0 bridgehead atoms. The molecule has 0 saturated carbocycles. The number of hydrogen-bond donors (Lipinski definition) is 0. The Labute approximate surface area is 148 Å². The Morgan fingerprint density at radius 3 is 2.60 bits per heavy atom. The SMILES string of the molecule is COc1ccc(-c2cn3ccn(-c4cccc(Cl)c4)c(=O)c3n2)cc1. The smallest absolute Gasteiger partial charge is 0.298 e. The third-order valence-electron chi connectivity index (χ3n) is 3.99. The first-order chi connectivity index (χ1) is 12.2. The van der Waals surface area contributed by atoms with Gasteiger partial charge in [-0.25, -0.2) is 4.98 Å². The van der Waals surface area contributed by atoms with Crippen LogP contribution in [0.3, 0.4) is 0 Å². The quantitative estimate of drug-likeness (QED) is 0.564. The summed E-state index contributed by atoms with van der Waals surface area (Å²) in [5.74, 6) is 0.774. The summed E-state index contributed by atoms with van der Waals surface area (Å²) in [5.41, 5.74) is 2.49. The molecule has 5 nitrogen and oxygen atoms in total. The van der Waals surface area contributed by atoms with Crippen molar-refractivity contribution in [3.05, 3.63) is 82.5 Å². The topological polar surface area (TPSA) is 48.5 Å². The highest BCUT2D eigenvalue weighted by Crippen LogP contribution is 2.21. The van der Waals surface area contributed by atoms with Gasteiger partial charge in [-0.15, -0.1) is 0 Å². The molecule has 0 atom stereocenters. The number of fused-ring (bicyclic) bond motifs is 1. The molecule has 2 heterocycles. The first-order valence-electron chi connectivity index (χ1n) is 7.66. The van der Waals surface area contributed by atoms with E-state index in [0.29, 0.717) is 16.4 Å². The fourth-order valence-electron chi connectivity index (χ4n) is 2.71. The van der Waals surface area contributed by atoms with Crippen LogP contribution < -0.4 is 10.3 Å². The van der Waals surface area contributed by atoms with E-state index in [1.807, 2.05) is 42.6 Å². The van der Waals surface area contributed by atoms with Gasteiger partial charge in [-0.05, 0) is 42.5 Å². The molecule has 0 aliphatic heterocycles. The van der Waals surface area contributed by atoms with Gasteiger partial charge in [-0.3, -0.25) is 9.36 Å². The normalized spacial score (nSPS) is 11.0. The second-order valence-corrected chi connectivity index (χ2v) is 5.98. The summed E-state index contributed by atoms with van der Waals surface area (Å²) >= 11 is 6.03. The number of rotatable bonds is 3. The van der Waals surface area contributed by atoms with Crippen LogP contribution in [0.2, 0.25) is 5.02 Å². The lowest BCUT2D eigenvalue weighted by Gasteiger charge is -2.05. The predicted octanol–water partition coefficient (Wildman–Crippen LogP) is 3.81. The molecular formula is C19H14ClN3O2. The molecule has 0 saturated heterocycles.